The quantitative estimate of drug-likeness (QED) is 0.695. The monoisotopic (exact) mass is 184 g/mol. The fourth-order valence-corrected chi connectivity index (χ4v) is 1.32. The van der Waals surface area contributed by atoms with Crippen LogP contribution >= 0.6 is 0 Å². The van der Waals surface area contributed by atoms with Gasteiger partial charge in [-0.05, 0) is 33.6 Å². The van der Waals surface area contributed by atoms with Crippen molar-refractivity contribution in [3.8, 4) is 0 Å². The number of hydrogen-bond donors (Lipinski definition) is 1. The third-order valence-electron chi connectivity index (χ3n) is 3.01. The van der Waals surface area contributed by atoms with E-state index in [1.54, 1.807) is 0 Å². The molecule has 0 spiro atoms. The summed E-state index contributed by atoms with van der Waals surface area (Å²) in [4.78, 5) is 13.8. The molecule has 0 aromatic heterocycles. The number of amides is 1. The second kappa shape index (κ2) is 2.98. The Kier molecular flexibility index (Phi) is 2.41. The summed E-state index contributed by atoms with van der Waals surface area (Å²) in [5.74, 6) is 0.211. The van der Waals surface area contributed by atoms with Gasteiger partial charge in [-0.2, -0.15) is 0 Å². The molecule has 0 atom stereocenters. The lowest BCUT2D eigenvalue weighted by Crippen LogP contribution is -2.47. The van der Waals surface area contributed by atoms with Gasteiger partial charge in [0.25, 0.3) is 0 Å². The van der Waals surface area contributed by atoms with Crippen molar-refractivity contribution >= 4 is 5.91 Å². The Morgan fingerprint density at radius 2 is 1.92 bits per heavy atom. The molecular weight excluding hydrogens is 164 g/mol. The summed E-state index contributed by atoms with van der Waals surface area (Å²) in [6.07, 6.45) is 1.92. The molecule has 0 heterocycles. The van der Waals surface area contributed by atoms with Gasteiger partial charge in [0, 0.05) is 19.1 Å². The van der Waals surface area contributed by atoms with E-state index in [0.29, 0.717) is 6.54 Å². The first kappa shape index (κ1) is 10.5. The summed E-state index contributed by atoms with van der Waals surface area (Å²) in [6, 6.07) is 0. The normalized spacial score (nSPS) is 19.8. The van der Waals surface area contributed by atoms with Crippen molar-refractivity contribution in [2.75, 3.05) is 13.6 Å². The van der Waals surface area contributed by atoms with Crippen molar-refractivity contribution in [1.29, 1.82) is 0 Å². The van der Waals surface area contributed by atoms with Crippen molar-refractivity contribution in [2.45, 2.75) is 39.2 Å². The zero-order chi connectivity index (χ0) is 10.3. The fourth-order valence-electron chi connectivity index (χ4n) is 1.32. The van der Waals surface area contributed by atoms with E-state index in [2.05, 4.69) is 0 Å². The minimum absolute atomic E-state index is 0.0954. The molecule has 0 radical (unpaired) electrons. The molecule has 1 fully saturated rings. The lowest BCUT2D eigenvalue weighted by atomic mass is 10.0. The molecule has 0 aromatic rings. The topological polar surface area (TPSA) is 46.3 Å². The third kappa shape index (κ3) is 1.85. The summed E-state index contributed by atoms with van der Waals surface area (Å²) in [6.45, 7) is 6.61. The molecular formula is C10H20N2O. The minimum atomic E-state index is -0.206. The SMILES string of the molecule is CN(C(=O)C1(CN)CC1)C(C)(C)C. The Hall–Kier alpha value is -0.570. The van der Waals surface area contributed by atoms with E-state index < -0.39 is 0 Å². The van der Waals surface area contributed by atoms with Gasteiger partial charge in [0.05, 0.1) is 5.41 Å². The number of rotatable bonds is 2. The molecule has 0 aromatic carbocycles. The fraction of sp³-hybridized carbons (Fsp3) is 0.900. The van der Waals surface area contributed by atoms with Crippen molar-refractivity contribution in [2.24, 2.45) is 11.1 Å². The highest BCUT2D eigenvalue weighted by Gasteiger charge is 2.51. The number of nitrogens with zero attached hydrogens (tertiary/aromatic N) is 1. The number of carbonyl (C=O) groups is 1. The largest absolute Gasteiger partial charge is 0.340 e. The molecule has 1 saturated carbocycles. The van der Waals surface area contributed by atoms with Crippen LogP contribution in [0.3, 0.4) is 0 Å². The van der Waals surface area contributed by atoms with Crippen LogP contribution in [0.25, 0.3) is 0 Å². The Balaban J connectivity index is 2.68. The van der Waals surface area contributed by atoms with Crippen LogP contribution in [-0.4, -0.2) is 29.9 Å². The smallest absolute Gasteiger partial charge is 0.230 e. The molecule has 13 heavy (non-hydrogen) atoms. The second-order valence-corrected chi connectivity index (χ2v) is 5.02. The van der Waals surface area contributed by atoms with Crippen LogP contribution in [0, 0.1) is 5.41 Å². The molecule has 76 valence electrons. The highest BCUT2D eigenvalue weighted by molar-refractivity contribution is 5.86. The molecule has 0 unspecified atom stereocenters. The predicted octanol–water partition coefficient (Wildman–Crippen LogP) is 0.982. The lowest BCUT2D eigenvalue weighted by Gasteiger charge is -2.34. The van der Waals surface area contributed by atoms with Crippen molar-refractivity contribution in [1.82, 2.24) is 4.90 Å². The van der Waals surface area contributed by atoms with Gasteiger partial charge in [-0.1, -0.05) is 0 Å². The number of carbonyl (C=O) groups excluding carboxylic acids is 1. The molecule has 0 bridgehead atoms. The molecule has 2 N–H and O–H groups in total. The molecule has 1 rings (SSSR count). The molecule has 0 saturated heterocycles. The zero-order valence-corrected chi connectivity index (χ0v) is 9.05. The van der Waals surface area contributed by atoms with E-state index in [-0.39, 0.29) is 16.9 Å². The summed E-state index contributed by atoms with van der Waals surface area (Å²) in [7, 11) is 1.86. The van der Waals surface area contributed by atoms with E-state index in [0.717, 1.165) is 12.8 Å². The maximum absolute atomic E-state index is 12.0. The van der Waals surface area contributed by atoms with Gasteiger partial charge < -0.3 is 10.6 Å². The first-order valence-corrected chi connectivity index (χ1v) is 4.82. The van der Waals surface area contributed by atoms with Crippen LogP contribution in [-0.2, 0) is 4.79 Å². The molecule has 1 aliphatic carbocycles. The van der Waals surface area contributed by atoms with E-state index >= 15 is 0 Å². The van der Waals surface area contributed by atoms with Crippen molar-refractivity contribution in [3.05, 3.63) is 0 Å². The van der Waals surface area contributed by atoms with Gasteiger partial charge in [0.15, 0.2) is 0 Å². The molecule has 3 heteroatoms. The second-order valence-electron chi connectivity index (χ2n) is 5.02. The zero-order valence-electron chi connectivity index (χ0n) is 9.05. The number of nitrogens with two attached hydrogens (primary N) is 1. The maximum Gasteiger partial charge on any atom is 0.230 e. The predicted molar refractivity (Wildman–Crippen MR) is 53.2 cm³/mol. The van der Waals surface area contributed by atoms with Crippen LogP contribution in [0.15, 0.2) is 0 Å². The third-order valence-corrected chi connectivity index (χ3v) is 3.01. The molecule has 1 amide bonds. The number of hydrogen-bond acceptors (Lipinski definition) is 2. The average Bonchev–Trinajstić information content (AvgIpc) is 2.80. The van der Waals surface area contributed by atoms with Gasteiger partial charge in [0.1, 0.15) is 0 Å². The summed E-state index contributed by atoms with van der Waals surface area (Å²) in [5, 5.41) is 0. The molecule has 3 nitrogen and oxygen atoms in total. The summed E-state index contributed by atoms with van der Waals surface area (Å²) in [5.41, 5.74) is 5.30. The standard InChI is InChI=1S/C10H20N2O/c1-9(2,3)12(4)8(13)10(7-11)5-6-10/h5-7,11H2,1-4H3. The van der Waals surface area contributed by atoms with Crippen molar-refractivity contribution < 1.29 is 4.79 Å². The highest BCUT2D eigenvalue weighted by Crippen LogP contribution is 2.46. The highest BCUT2D eigenvalue weighted by atomic mass is 16.2. The van der Waals surface area contributed by atoms with Crippen LogP contribution in [0.5, 0.6) is 0 Å². The Labute approximate surface area is 80.3 Å². The van der Waals surface area contributed by atoms with E-state index in [4.69, 9.17) is 5.73 Å². The molecule has 1 aliphatic rings. The van der Waals surface area contributed by atoms with Gasteiger partial charge in [-0.15, -0.1) is 0 Å². The van der Waals surface area contributed by atoms with Gasteiger partial charge in [-0.25, -0.2) is 0 Å². The average molecular weight is 184 g/mol. The lowest BCUT2D eigenvalue weighted by molar-refractivity contribution is -0.139. The van der Waals surface area contributed by atoms with Gasteiger partial charge in [0.2, 0.25) is 5.91 Å². The summed E-state index contributed by atoms with van der Waals surface area (Å²) < 4.78 is 0. The first-order valence-electron chi connectivity index (χ1n) is 4.82. The first-order chi connectivity index (χ1) is 5.83. The Morgan fingerprint density at radius 1 is 1.46 bits per heavy atom. The van der Waals surface area contributed by atoms with Crippen molar-refractivity contribution in [3.63, 3.8) is 0 Å². The van der Waals surface area contributed by atoms with E-state index in [1.165, 1.54) is 0 Å². The van der Waals surface area contributed by atoms with Gasteiger partial charge >= 0.3 is 0 Å². The van der Waals surface area contributed by atoms with E-state index in [1.807, 2.05) is 32.7 Å². The Bertz CT molecular complexity index is 213. The summed E-state index contributed by atoms with van der Waals surface area (Å²) >= 11 is 0. The Morgan fingerprint density at radius 3 is 2.15 bits per heavy atom. The van der Waals surface area contributed by atoms with Crippen LogP contribution in [0.4, 0.5) is 0 Å². The van der Waals surface area contributed by atoms with Crippen LogP contribution in [0.2, 0.25) is 0 Å². The van der Waals surface area contributed by atoms with Crippen LogP contribution < -0.4 is 5.73 Å². The van der Waals surface area contributed by atoms with Gasteiger partial charge in [-0.3, -0.25) is 4.79 Å². The molecule has 0 aliphatic heterocycles. The minimum Gasteiger partial charge on any atom is -0.340 e. The van der Waals surface area contributed by atoms with Crippen LogP contribution in [0.1, 0.15) is 33.6 Å². The maximum atomic E-state index is 12.0. The van der Waals surface area contributed by atoms with E-state index in [9.17, 15) is 4.79 Å².